The van der Waals surface area contributed by atoms with Crippen molar-refractivity contribution in [2.45, 2.75) is 0 Å². The van der Waals surface area contributed by atoms with Gasteiger partial charge in [-0.05, 0) is 17.7 Å². The van der Waals surface area contributed by atoms with E-state index in [1.54, 1.807) is 44.6 Å². The van der Waals surface area contributed by atoms with E-state index in [2.05, 4.69) is 6.58 Å². The molecule has 0 aliphatic heterocycles. The van der Waals surface area contributed by atoms with Gasteiger partial charge in [-0.15, -0.1) is 0 Å². The fourth-order valence-corrected chi connectivity index (χ4v) is 1.35. The molecule has 0 amide bonds. The predicted molar refractivity (Wildman–Crippen MR) is 63.8 cm³/mol. The van der Waals surface area contributed by atoms with E-state index < -0.39 is 0 Å². The van der Waals surface area contributed by atoms with Crippen LogP contribution in [-0.2, 0) is 4.79 Å². The Labute approximate surface area is 95.0 Å². The van der Waals surface area contributed by atoms with Crippen LogP contribution < -0.4 is 9.47 Å². The number of methoxy groups -OCH3 is 2. The summed E-state index contributed by atoms with van der Waals surface area (Å²) < 4.78 is 10.3. The fraction of sp³-hybridized carbons (Fsp3) is 0.154. The summed E-state index contributed by atoms with van der Waals surface area (Å²) in [6.45, 7) is 3.56. The molecular formula is C13H14O3. The molecule has 0 bridgehead atoms. The summed E-state index contributed by atoms with van der Waals surface area (Å²) in [5.74, 6) is 1.23. The van der Waals surface area contributed by atoms with Crippen LogP contribution in [0.4, 0.5) is 0 Å². The Kier molecular flexibility index (Phi) is 4.33. The summed E-state index contributed by atoms with van der Waals surface area (Å²) in [7, 11) is 3.12. The van der Waals surface area contributed by atoms with Gasteiger partial charge in [-0.3, -0.25) is 4.79 Å². The van der Waals surface area contributed by atoms with E-state index in [-0.39, 0.29) is 0 Å². The molecule has 84 valence electrons. The van der Waals surface area contributed by atoms with Crippen molar-refractivity contribution in [3.05, 3.63) is 42.5 Å². The zero-order chi connectivity index (χ0) is 12.0. The van der Waals surface area contributed by atoms with E-state index in [0.717, 1.165) is 11.8 Å². The normalized spacial score (nSPS) is 10.8. The molecule has 0 saturated carbocycles. The fourth-order valence-electron chi connectivity index (χ4n) is 1.35. The van der Waals surface area contributed by atoms with E-state index in [0.29, 0.717) is 17.1 Å². The lowest BCUT2D eigenvalue weighted by atomic mass is 10.1. The van der Waals surface area contributed by atoms with E-state index in [4.69, 9.17) is 9.47 Å². The number of carbonyl (C=O) groups excluding carboxylic acids is 1. The number of carbonyl (C=O) groups is 1. The minimum atomic E-state index is 0.552. The quantitative estimate of drug-likeness (QED) is 0.432. The summed E-state index contributed by atoms with van der Waals surface area (Å²) in [6.07, 6.45) is 4.00. The van der Waals surface area contributed by atoms with Crippen molar-refractivity contribution in [2.24, 2.45) is 0 Å². The first-order chi connectivity index (χ1) is 7.76. The maximum atomic E-state index is 10.9. The number of hydrogen-bond donors (Lipinski definition) is 0. The molecule has 3 nitrogen and oxygen atoms in total. The van der Waals surface area contributed by atoms with Crippen LogP contribution in [0.5, 0.6) is 11.5 Å². The van der Waals surface area contributed by atoms with Gasteiger partial charge in [0.1, 0.15) is 0 Å². The van der Waals surface area contributed by atoms with Gasteiger partial charge in [-0.25, -0.2) is 0 Å². The maximum Gasteiger partial charge on any atom is 0.161 e. The summed E-state index contributed by atoms with van der Waals surface area (Å²) >= 11 is 0. The lowest BCUT2D eigenvalue weighted by Crippen LogP contribution is -1.93. The Morgan fingerprint density at radius 2 is 1.94 bits per heavy atom. The molecule has 0 aromatic heterocycles. The van der Waals surface area contributed by atoms with Crippen LogP contribution in [0.2, 0.25) is 0 Å². The van der Waals surface area contributed by atoms with Crippen LogP contribution >= 0.6 is 0 Å². The number of hydrogen-bond acceptors (Lipinski definition) is 3. The molecule has 0 N–H and O–H groups in total. The molecular weight excluding hydrogens is 204 g/mol. The number of benzene rings is 1. The summed E-state index contributed by atoms with van der Waals surface area (Å²) in [5.41, 5.74) is 1.32. The number of ether oxygens (including phenoxy) is 2. The number of rotatable bonds is 5. The van der Waals surface area contributed by atoms with Crippen LogP contribution in [0.15, 0.2) is 36.9 Å². The van der Waals surface area contributed by atoms with Gasteiger partial charge in [0.15, 0.2) is 17.8 Å². The van der Waals surface area contributed by atoms with Crippen molar-refractivity contribution in [2.75, 3.05) is 14.2 Å². The van der Waals surface area contributed by atoms with Gasteiger partial charge in [0.25, 0.3) is 0 Å². The van der Waals surface area contributed by atoms with Crippen LogP contribution in [-0.4, -0.2) is 20.5 Å². The van der Waals surface area contributed by atoms with Gasteiger partial charge >= 0.3 is 0 Å². The largest absolute Gasteiger partial charge is 0.493 e. The molecule has 0 heterocycles. The van der Waals surface area contributed by atoms with E-state index in [9.17, 15) is 4.79 Å². The van der Waals surface area contributed by atoms with Gasteiger partial charge in [0.05, 0.1) is 14.2 Å². The zero-order valence-corrected chi connectivity index (χ0v) is 9.40. The molecule has 1 aromatic carbocycles. The molecule has 1 rings (SSSR count). The van der Waals surface area contributed by atoms with Crippen LogP contribution in [0, 0.1) is 0 Å². The molecule has 0 aliphatic rings. The first kappa shape index (κ1) is 12.0. The van der Waals surface area contributed by atoms with Crippen molar-refractivity contribution in [1.29, 1.82) is 0 Å². The van der Waals surface area contributed by atoms with Crippen molar-refractivity contribution in [3.63, 3.8) is 0 Å². The second kappa shape index (κ2) is 5.75. The summed E-state index contributed by atoms with van der Waals surface area (Å²) in [4.78, 5) is 10.9. The second-order valence-electron chi connectivity index (χ2n) is 3.05. The Morgan fingerprint density at radius 3 is 2.44 bits per heavy atom. The smallest absolute Gasteiger partial charge is 0.161 e. The minimum Gasteiger partial charge on any atom is -0.493 e. The van der Waals surface area contributed by atoms with E-state index >= 15 is 0 Å². The van der Waals surface area contributed by atoms with Crippen LogP contribution in [0.3, 0.4) is 0 Å². The summed E-state index contributed by atoms with van der Waals surface area (Å²) in [6, 6.07) is 5.31. The zero-order valence-electron chi connectivity index (χ0n) is 9.40. The molecule has 0 fully saturated rings. The minimum absolute atomic E-state index is 0.552. The highest BCUT2D eigenvalue weighted by Gasteiger charge is 2.06. The van der Waals surface area contributed by atoms with E-state index in [1.165, 1.54) is 0 Å². The van der Waals surface area contributed by atoms with Gasteiger partial charge in [-0.2, -0.15) is 0 Å². The Bertz CT molecular complexity index is 419. The Balaban J connectivity index is 3.21. The first-order valence-corrected chi connectivity index (χ1v) is 4.77. The third kappa shape index (κ3) is 2.51. The highest BCUT2D eigenvalue weighted by molar-refractivity contribution is 6.07. The maximum absolute atomic E-state index is 10.9. The Morgan fingerprint density at radius 1 is 1.25 bits per heavy atom. The molecule has 0 unspecified atom stereocenters. The van der Waals surface area contributed by atoms with E-state index in [1.807, 2.05) is 0 Å². The monoisotopic (exact) mass is 218 g/mol. The van der Waals surface area contributed by atoms with Crippen molar-refractivity contribution in [1.82, 2.24) is 0 Å². The number of allylic oxidation sites excluding steroid dienone is 3. The predicted octanol–water partition coefficient (Wildman–Crippen LogP) is 2.47. The van der Waals surface area contributed by atoms with Gasteiger partial charge in [-0.1, -0.05) is 24.8 Å². The van der Waals surface area contributed by atoms with Crippen LogP contribution in [0.25, 0.3) is 5.57 Å². The SMILES string of the molecule is C=C/C=C(/C=O)c1ccc(OC)c(OC)c1. The molecule has 1 aromatic rings. The molecule has 16 heavy (non-hydrogen) atoms. The van der Waals surface area contributed by atoms with Gasteiger partial charge in [0.2, 0.25) is 0 Å². The molecule has 0 spiro atoms. The van der Waals surface area contributed by atoms with Crippen LogP contribution in [0.1, 0.15) is 5.56 Å². The highest BCUT2D eigenvalue weighted by Crippen LogP contribution is 2.29. The highest BCUT2D eigenvalue weighted by atomic mass is 16.5. The molecule has 0 aliphatic carbocycles. The molecule has 0 radical (unpaired) electrons. The average Bonchev–Trinajstić information content (AvgIpc) is 2.35. The number of aldehydes is 1. The lowest BCUT2D eigenvalue weighted by molar-refractivity contribution is -0.103. The van der Waals surface area contributed by atoms with Gasteiger partial charge < -0.3 is 9.47 Å². The van der Waals surface area contributed by atoms with Crippen molar-refractivity contribution >= 4 is 11.9 Å². The summed E-state index contributed by atoms with van der Waals surface area (Å²) in [5, 5.41) is 0. The molecule has 0 atom stereocenters. The van der Waals surface area contributed by atoms with Crippen molar-refractivity contribution in [3.8, 4) is 11.5 Å². The van der Waals surface area contributed by atoms with Crippen molar-refractivity contribution < 1.29 is 14.3 Å². The third-order valence-electron chi connectivity index (χ3n) is 2.14. The average molecular weight is 218 g/mol. The first-order valence-electron chi connectivity index (χ1n) is 4.77. The lowest BCUT2D eigenvalue weighted by Gasteiger charge is -2.09. The topological polar surface area (TPSA) is 35.5 Å². The Hall–Kier alpha value is -2.03. The molecule has 3 heteroatoms. The van der Waals surface area contributed by atoms with Gasteiger partial charge in [0, 0.05) is 5.57 Å². The molecule has 0 saturated heterocycles. The third-order valence-corrected chi connectivity index (χ3v) is 2.14. The standard InChI is InChI=1S/C13H14O3/c1-4-5-11(9-14)10-6-7-12(15-2)13(8-10)16-3/h4-9H,1H2,2-3H3/b11-5-. The second-order valence-corrected chi connectivity index (χ2v) is 3.05.